The molecule has 0 aliphatic heterocycles. The number of ether oxygens (including phenoxy) is 1. The van der Waals surface area contributed by atoms with Crippen LogP contribution in [0.3, 0.4) is 0 Å². The van der Waals surface area contributed by atoms with Crippen molar-refractivity contribution in [1.29, 1.82) is 0 Å². The van der Waals surface area contributed by atoms with Gasteiger partial charge in [-0.1, -0.05) is 17.8 Å². The van der Waals surface area contributed by atoms with E-state index < -0.39 is 0 Å². The zero-order valence-electron chi connectivity index (χ0n) is 11.4. The minimum Gasteiger partial charge on any atom is -0.462 e. The molecule has 1 aromatic heterocycles. The van der Waals surface area contributed by atoms with Crippen molar-refractivity contribution in [2.75, 3.05) is 11.9 Å². The smallest absolute Gasteiger partial charge is 0.338 e. The number of carbonyl (C=O) groups is 2. The largest absolute Gasteiger partial charge is 0.462 e. The van der Waals surface area contributed by atoms with Crippen LogP contribution in [0.5, 0.6) is 0 Å². The van der Waals surface area contributed by atoms with E-state index in [0.717, 1.165) is 4.90 Å². The number of hydrogen-bond donors (Lipinski definition) is 1. The maximum atomic E-state index is 11.7. The van der Waals surface area contributed by atoms with Gasteiger partial charge in [0, 0.05) is 16.8 Å². The summed E-state index contributed by atoms with van der Waals surface area (Å²) in [5, 5.41) is 3.28. The lowest BCUT2D eigenvalue weighted by atomic mass is 10.3. The Kier molecular flexibility index (Phi) is 5.34. The van der Waals surface area contributed by atoms with E-state index in [1.807, 2.05) is 18.2 Å². The van der Waals surface area contributed by atoms with Gasteiger partial charge in [0.25, 0.3) is 0 Å². The van der Waals surface area contributed by atoms with Crippen molar-refractivity contribution in [3.05, 3.63) is 48.2 Å². The van der Waals surface area contributed by atoms with Gasteiger partial charge in [-0.2, -0.15) is 0 Å². The van der Waals surface area contributed by atoms with Crippen LogP contribution in [0.1, 0.15) is 17.3 Å². The van der Waals surface area contributed by atoms with Crippen LogP contribution in [-0.4, -0.2) is 24.0 Å². The number of rotatable bonds is 6. The lowest BCUT2D eigenvalue weighted by Gasteiger charge is -2.05. The molecule has 1 aromatic carbocycles. The zero-order chi connectivity index (χ0) is 15.1. The van der Waals surface area contributed by atoms with Crippen LogP contribution in [0.2, 0.25) is 0 Å². The van der Waals surface area contributed by atoms with E-state index in [4.69, 9.17) is 4.74 Å². The highest BCUT2D eigenvalue weighted by Crippen LogP contribution is 2.28. The number of nitrogens with one attached hydrogen (secondary N) is 1. The van der Waals surface area contributed by atoms with Crippen LogP contribution in [0.4, 0.5) is 5.69 Å². The molecule has 1 heterocycles. The van der Waals surface area contributed by atoms with Crippen LogP contribution >= 0.6 is 11.8 Å². The summed E-state index contributed by atoms with van der Waals surface area (Å²) in [4.78, 5) is 27.3. The molecule has 0 bridgehead atoms. The van der Waals surface area contributed by atoms with Crippen molar-refractivity contribution in [3.8, 4) is 0 Å². The van der Waals surface area contributed by atoms with Crippen molar-refractivity contribution in [1.82, 2.24) is 4.98 Å². The zero-order valence-corrected chi connectivity index (χ0v) is 12.2. The van der Waals surface area contributed by atoms with Crippen molar-refractivity contribution in [3.63, 3.8) is 0 Å². The number of esters is 1. The van der Waals surface area contributed by atoms with Gasteiger partial charge in [0.1, 0.15) is 5.03 Å². The first-order valence-corrected chi connectivity index (χ1v) is 7.16. The summed E-state index contributed by atoms with van der Waals surface area (Å²) < 4.78 is 4.96. The highest BCUT2D eigenvalue weighted by molar-refractivity contribution is 7.99. The van der Waals surface area contributed by atoms with Gasteiger partial charge >= 0.3 is 5.97 Å². The fourth-order valence-electron chi connectivity index (χ4n) is 1.64. The minimum absolute atomic E-state index is 0.336. The second kappa shape index (κ2) is 7.44. The van der Waals surface area contributed by atoms with Crippen LogP contribution in [0, 0.1) is 0 Å². The molecular weight excluding hydrogens is 288 g/mol. The van der Waals surface area contributed by atoms with Crippen molar-refractivity contribution < 1.29 is 14.3 Å². The number of nitrogens with zero attached hydrogens (tertiary/aromatic N) is 1. The Labute approximate surface area is 126 Å². The normalized spacial score (nSPS) is 9.95. The Hall–Kier alpha value is -2.34. The Bertz CT molecular complexity index is 646. The van der Waals surface area contributed by atoms with Gasteiger partial charge in [0.05, 0.1) is 12.2 Å². The van der Waals surface area contributed by atoms with E-state index in [0.29, 0.717) is 29.3 Å². The predicted octanol–water partition coefficient (Wildman–Crippen LogP) is 2.98. The van der Waals surface area contributed by atoms with E-state index >= 15 is 0 Å². The standard InChI is InChI=1S/C15H14N2O3S/c1-2-20-15(19)11-6-7-16-14(8-11)21-13-5-3-4-12(9-13)17-10-18/h3-10H,2H2,1H3,(H,17,18). The van der Waals surface area contributed by atoms with Gasteiger partial charge in [0.15, 0.2) is 0 Å². The van der Waals surface area contributed by atoms with E-state index in [9.17, 15) is 9.59 Å². The van der Waals surface area contributed by atoms with Gasteiger partial charge in [-0.05, 0) is 37.3 Å². The third-order valence-electron chi connectivity index (χ3n) is 2.53. The molecular formula is C15H14N2O3S. The first-order chi connectivity index (χ1) is 10.2. The highest BCUT2D eigenvalue weighted by atomic mass is 32.2. The van der Waals surface area contributed by atoms with Gasteiger partial charge < -0.3 is 10.1 Å². The summed E-state index contributed by atoms with van der Waals surface area (Å²) in [5.41, 5.74) is 1.17. The first-order valence-electron chi connectivity index (χ1n) is 6.34. The molecule has 0 saturated carbocycles. The average molecular weight is 302 g/mol. The molecule has 2 aromatic rings. The summed E-state index contributed by atoms with van der Waals surface area (Å²) in [6, 6.07) is 10.7. The highest BCUT2D eigenvalue weighted by Gasteiger charge is 2.08. The quantitative estimate of drug-likeness (QED) is 0.656. The molecule has 0 atom stereocenters. The molecule has 1 N–H and O–H groups in total. The molecule has 0 saturated heterocycles. The number of amides is 1. The maximum Gasteiger partial charge on any atom is 0.338 e. The van der Waals surface area contributed by atoms with Gasteiger partial charge in [-0.3, -0.25) is 4.79 Å². The van der Waals surface area contributed by atoms with E-state index in [-0.39, 0.29) is 5.97 Å². The third kappa shape index (κ3) is 4.32. The van der Waals surface area contributed by atoms with Gasteiger partial charge in [-0.25, -0.2) is 9.78 Å². The molecule has 108 valence electrons. The Morgan fingerprint density at radius 2 is 2.24 bits per heavy atom. The van der Waals surface area contributed by atoms with Gasteiger partial charge in [-0.15, -0.1) is 0 Å². The average Bonchev–Trinajstić information content (AvgIpc) is 2.48. The molecule has 0 aliphatic carbocycles. The summed E-state index contributed by atoms with van der Waals surface area (Å²) in [7, 11) is 0. The summed E-state index contributed by atoms with van der Waals surface area (Å²) in [6.07, 6.45) is 2.20. The van der Waals surface area contributed by atoms with E-state index in [2.05, 4.69) is 10.3 Å². The lowest BCUT2D eigenvalue weighted by Crippen LogP contribution is -2.04. The molecule has 1 amide bonds. The van der Waals surface area contributed by atoms with Crippen LogP contribution in [0.15, 0.2) is 52.5 Å². The summed E-state index contributed by atoms with van der Waals surface area (Å²) >= 11 is 1.40. The van der Waals surface area contributed by atoms with E-state index in [1.165, 1.54) is 11.8 Å². The second-order valence-electron chi connectivity index (χ2n) is 4.00. The summed E-state index contributed by atoms with van der Waals surface area (Å²) in [5.74, 6) is -0.363. The molecule has 2 rings (SSSR count). The van der Waals surface area contributed by atoms with E-state index in [1.54, 1.807) is 31.3 Å². The van der Waals surface area contributed by atoms with Gasteiger partial charge in [0.2, 0.25) is 6.41 Å². The third-order valence-corrected chi connectivity index (χ3v) is 3.45. The Morgan fingerprint density at radius 3 is 3.00 bits per heavy atom. The maximum absolute atomic E-state index is 11.7. The number of anilines is 1. The number of aromatic nitrogens is 1. The van der Waals surface area contributed by atoms with Crippen LogP contribution in [0.25, 0.3) is 0 Å². The Morgan fingerprint density at radius 1 is 1.38 bits per heavy atom. The molecule has 21 heavy (non-hydrogen) atoms. The number of benzene rings is 1. The number of pyridine rings is 1. The number of hydrogen-bond acceptors (Lipinski definition) is 5. The second-order valence-corrected chi connectivity index (χ2v) is 5.09. The van der Waals surface area contributed by atoms with Crippen molar-refractivity contribution in [2.45, 2.75) is 16.8 Å². The summed E-state index contributed by atoms with van der Waals surface area (Å²) in [6.45, 7) is 2.10. The minimum atomic E-state index is -0.363. The fraction of sp³-hybridized carbons (Fsp3) is 0.133. The Balaban J connectivity index is 2.16. The molecule has 0 unspecified atom stereocenters. The topological polar surface area (TPSA) is 68.3 Å². The lowest BCUT2D eigenvalue weighted by molar-refractivity contribution is -0.105. The molecule has 5 nitrogen and oxygen atoms in total. The number of carbonyl (C=O) groups excluding carboxylic acids is 2. The van der Waals surface area contributed by atoms with Crippen LogP contribution < -0.4 is 5.32 Å². The van der Waals surface area contributed by atoms with Crippen LogP contribution in [-0.2, 0) is 9.53 Å². The SMILES string of the molecule is CCOC(=O)c1ccnc(Sc2cccc(NC=O)c2)c1. The molecule has 6 heteroatoms. The fourth-order valence-corrected chi connectivity index (χ4v) is 2.52. The molecule has 0 spiro atoms. The first kappa shape index (κ1) is 15.1. The van der Waals surface area contributed by atoms with Crippen molar-refractivity contribution >= 4 is 29.8 Å². The molecule has 0 radical (unpaired) electrons. The molecule has 0 aliphatic rings. The predicted molar refractivity (Wildman–Crippen MR) is 80.4 cm³/mol. The van der Waals surface area contributed by atoms with Crippen molar-refractivity contribution in [2.24, 2.45) is 0 Å². The molecule has 0 fully saturated rings. The monoisotopic (exact) mass is 302 g/mol.